The Kier molecular flexibility index (Phi) is 9.01. The zero-order valence-corrected chi connectivity index (χ0v) is 22.0. The summed E-state index contributed by atoms with van der Waals surface area (Å²) in [4.78, 5) is 17.3. The van der Waals surface area contributed by atoms with Gasteiger partial charge in [0.05, 0.1) is 11.7 Å². The number of nitrogens with zero attached hydrogens (tertiary/aromatic N) is 5. The van der Waals surface area contributed by atoms with Gasteiger partial charge in [0.25, 0.3) is 0 Å². The molecule has 1 aliphatic heterocycles. The highest BCUT2D eigenvalue weighted by Crippen LogP contribution is 2.32. The number of carbonyl (C=O) groups is 1. The van der Waals surface area contributed by atoms with E-state index in [1.165, 1.54) is 27.1 Å². The third-order valence-electron chi connectivity index (χ3n) is 5.80. The van der Waals surface area contributed by atoms with Gasteiger partial charge in [-0.25, -0.2) is 4.98 Å². The minimum absolute atomic E-state index is 0. The van der Waals surface area contributed by atoms with Crippen LogP contribution in [0.3, 0.4) is 0 Å². The molecule has 1 unspecified atom stereocenters. The summed E-state index contributed by atoms with van der Waals surface area (Å²) in [6, 6.07) is 4.05. The number of nitrogens with one attached hydrogen (secondary N) is 1. The molecule has 1 saturated heterocycles. The average molecular weight is 537 g/mol. The van der Waals surface area contributed by atoms with Crippen molar-refractivity contribution in [1.29, 1.82) is 0 Å². The molecule has 1 N–H and O–H groups in total. The van der Waals surface area contributed by atoms with Gasteiger partial charge in [0.1, 0.15) is 11.5 Å². The number of halogens is 3. The molecule has 9 nitrogen and oxygen atoms in total. The Bertz CT molecular complexity index is 1170. The third-order valence-corrected chi connectivity index (χ3v) is 7.44. The van der Waals surface area contributed by atoms with Crippen LogP contribution in [-0.2, 0) is 27.6 Å². The van der Waals surface area contributed by atoms with Crippen molar-refractivity contribution in [3.63, 3.8) is 0 Å². The number of hydrogen-bond acceptors (Lipinski definition) is 6. The number of rotatable bonds is 7. The molecule has 0 aliphatic carbocycles. The van der Waals surface area contributed by atoms with Gasteiger partial charge in [-0.1, -0.05) is 0 Å². The van der Waals surface area contributed by atoms with E-state index >= 15 is 0 Å². The monoisotopic (exact) mass is 536 g/mol. The number of amides is 1. The first-order valence-electron chi connectivity index (χ1n) is 10.8. The second-order valence-corrected chi connectivity index (χ2v) is 10.8. The minimum Gasteiger partial charge on any atom is -0.310 e. The molecule has 1 aliphatic rings. The Morgan fingerprint density at radius 2 is 1.94 bits per heavy atom. The summed E-state index contributed by atoms with van der Waals surface area (Å²) in [6.07, 6.45) is -3.23. The standard InChI is InChI=1S/C21H29F3N6O3S.H2S/c1-13-8-17(10-19(25-13)21(22,23)24)9-16-6-7-29(12-16)14(2)18-11-20(26-15(3)31)30(27-18)34(32,33)28(4)5;/h8,10-11,14,16H,6-7,9,12H2,1-5H3,(H,26,31);1H2/t14?,16-;/m1./s1. The first-order chi connectivity index (χ1) is 15.7. The van der Waals surface area contributed by atoms with Crippen molar-refractivity contribution in [1.82, 2.24) is 23.4 Å². The fraction of sp³-hybridized carbons (Fsp3) is 0.571. The predicted octanol–water partition coefficient (Wildman–Crippen LogP) is 2.96. The summed E-state index contributed by atoms with van der Waals surface area (Å²) < 4.78 is 66.4. The average Bonchev–Trinajstić information content (AvgIpc) is 3.33. The fourth-order valence-electron chi connectivity index (χ4n) is 4.09. The number of likely N-dealkylation sites (tertiary alicyclic amines) is 1. The minimum atomic E-state index is -4.49. The van der Waals surface area contributed by atoms with Gasteiger partial charge < -0.3 is 5.32 Å². The van der Waals surface area contributed by atoms with E-state index in [1.807, 2.05) is 6.92 Å². The lowest BCUT2D eigenvalue weighted by molar-refractivity contribution is -0.141. The van der Waals surface area contributed by atoms with Crippen LogP contribution in [0, 0.1) is 12.8 Å². The van der Waals surface area contributed by atoms with E-state index in [4.69, 9.17) is 0 Å². The van der Waals surface area contributed by atoms with Gasteiger partial charge in [-0.05, 0) is 56.8 Å². The van der Waals surface area contributed by atoms with Crippen LogP contribution in [0.2, 0.25) is 0 Å². The maximum absolute atomic E-state index is 13.1. The second kappa shape index (κ2) is 10.8. The molecule has 2 aromatic heterocycles. The normalized spacial score (nSPS) is 17.9. The molecule has 0 bridgehead atoms. The Hall–Kier alpha value is -2.16. The number of anilines is 1. The molecule has 35 heavy (non-hydrogen) atoms. The van der Waals surface area contributed by atoms with E-state index in [-0.39, 0.29) is 31.3 Å². The van der Waals surface area contributed by atoms with Gasteiger partial charge in [-0.2, -0.15) is 44.5 Å². The molecule has 196 valence electrons. The van der Waals surface area contributed by atoms with Crippen molar-refractivity contribution in [3.05, 3.63) is 40.8 Å². The third kappa shape index (κ3) is 6.74. The van der Waals surface area contributed by atoms with Gasteiger partial charge in [0.15, 0.2) is 0 Å². The summed E-state index contributed by atoms with van der Waals surface area (Å²) in [5, 5.41) is 6.76. The summed E-state index contributed by atoms with van der Waals surface area (Å²) in [6.45, 7) is 6.01. The molecule has 0 saturated carbocycles. The highest BCUT2D eigenvalue weighted by atomic mass is 32.2. The van der Waals surface area contributed by atoms with Crippen LogP contribution < -0.4 is 5.32 Å². The van der Waals surface area contributed by atoms with Crippen LogP contribution in [0.4, 0.5) is 19.0 Å². The molecule has 1 fully saturated rings. The number of aromatic nitrogens is 3. The Morgan fingerprint density at radius 1 is 1.29 bits per heavy atom. The molecule has 2 atom stereocenters. The van der Waals surface area contributed by atoms with Crippen molar-refractivity contribution in [3.8, 4) is 0 Å². The SMILES string of the molecule is CC(=O)Nc1cc(C(C)N2CC[C@H](Cc3cc(C)nc(C(F)(F)F)c3)C2)nn1S(=O)(=O)N(C)C.S. The molecular formula is C21H31F3N6O3S2. The van der Waals surface area contributed by atoms with Crippen LogP contribution in [0.1, 0.15) is 49.0 Å². The van der Waals surface area contributed by atoms with Gasteiger partial charge in [0, 0.05) is 39.3 Å². The Morgan fingerprint density at radius 3 is 2.51 bits per heavy atom. The summed E-state index contributed by atoms with van der Waals surface area (Å²) >= 11 is 0. The molecule has 3 rings (SSSR count). The number of alkyl halides is 3. The number of pyridine rings is 1. The highest BCUT2D eigenvalue weighted by Gasteiger charge is 2.34. The van der Waals surface area contributed by atoms with Crippen LogP contribution in [0.15, 0.2) is 18.2 Å². The topological polar surface area (TPSA) is 100 Å². The zero-order valence-electron chi connectivity index (χ0n) is 20.2. The maximum Gasteiger partial charge on any atom is 0.433 e. The maximum atomic E-state index is 13.1. The molecule has 0 radical (unpaired) electrons. The van der Waals surface area contributed by atoms with Crippen LogP contribution >= 0.6 is 13.5 Å². The van der Waals surface area contributed by atoms with Gasteiger partial charge in [-0.15, -0.1) is 4.09 Å². The second-order valence-electron chi connectivity index (χ2n) is 8.80. The summed E-state index contributed by atoms with van der Waals surface area (Å²) in [7, 11) is -1.22. The van der Waals surface area contributed by atoms with E-state index in [0.717, 1.165) is 20.9 Å². The number of carbonyl (C=O) groups excluding carboxylic acids is 1. The molecule has 14 heteroatoms. The number of aryl methyl sites for hydroxylation is 1. The molecule has 3 heterocycles. The highest BCUT2D eigenvalue weighted by molar-refractivity contribution is 7.87. The molecule has 2 aromatic rings. The van der Waals surface area contributed by atoms with E-state index in [1.54, 1.807) is 13.0 Å². The molecule has 0 spiro atoms. The van der Waals surface area contributed by atoms with Crippen molar-refractivity contribution in [2.75, 3.05) is 32.5 Å². The largest absolute Gasteiger partial charge is 0.433 e. The summed E-state index contributed by atoms with van der Waals surface area (Å²) in [5.74, 6) is -0.250. The number of hydrogen-bond donors (Lipinski definition) is 1. The van der Waals surface area contributed by atoms with Gasteiger partial charge in [-0.3, -0.25) is 9.69 Å². The molecule has 1 amide bonds. The smallest absolute Gasteiger partial charge is 0.310 e. The van der Waals surface area contributed by atoms with Crippen molar-refractivity contribution in [2.24, 2.45) is 5.92 Å². The Labute approximate surface area is 210 Å². The lowest BCUT2D eigenvalue weighted by Gasteiger charge is -2.23. The van der Waals surface area contributed by atoms with Crippen LogP contribution in [0.5, 0.6) is 0 Å². The van der Waals surface area contributed by atoms with E-state index in [0.29, 0.717) is 36.5 Å². The first-order valence-corrected chi connectivity index (χ1v) is 12.2. The zero-order chi connectivity index (χ0) is 25.4. The van der Waals surface area contributed by atoms with Gasteiger partial charge >= 0.3 is 16.4 Å². The van der Waals surface area contributed by atoms with Crippen LogP contribution in [-0.4, -0.2) is 64.9 Å². The van der Waals surface area contributed by atoms with E-state index < -0.39 is 28.0 Å². The van der Waals surface area contributed by atoms with Crippen LogP contribution in [0.25, 0.3) is 0 Å². The van der Waals surface area contributed by atoms with E-state index in [9.17, 15) is 26.4 Å². The predicted molar refractivity (Wildman–Crippen MR) is 131 cm³/mol. The lowest BCUT2D eigenvalue weighted by atomic mass is 9.98. The van der Waals surface area contributed by atoms with Gasteiger partial charge in [0.2, 0.25) is 5.91 Å². The fourth-order valence-corrected chi connectivity index (χ4v) is 4.94. The van der Waals surface area contributed by atoms with Crippen molar-refractivity contribution < 1.29 is 26.4 Å². The Balaban J connectivity index is 0.00000432. The first kappa shape index (κ1) is 29.1. The quantitative estimate of drug-likeness (QED) is 0.584. The van der Waals surface area contributed by atoms with Crippen molar-refractivity contribution in [2.45, 2.75) is 45.8 Å². The summed E-state index contributed by atoms with van der Waals surface area (Å²) in [5.41, 5.74) is 0.498. The lowest BCUT2D eigenvalue weighted by Crippen LogP contribution is -2.31. The van der Waals surface area contributed by atoms with Crippen molar-refractivity contribution >= 4 is 35.4 Å². The molecular weight excluding hydrogens is 505 g/mol. The molecule has 0 aromatic carbocycles. The van der Waals surface area contributed by atoms with E-state index in [2.05, 4.69) is 20.3 Å².